The van der Waals surface area contributed by atoms with Crippen molar-refractivity contribution in [3.8, 4) is 0 Å². The highest BCUT2D eigenvalue weighted by atomic mass is 79.9. The van der Waals surface area contributed by atoms with E-state index in [0.717, 1.165) is 21.9 Å². The van der Waals surface area contributed by atoms with Crippen molar-refractivity contribution in [2.45, 2.75) is 32.9 Å². The summed E-state index contributed by atoms with van der Waals surface area (Å²) < 4.78 is 14.2. The number of fused-ring (bicyclic) bond motifs is 4. The van der Waals surface area contributed by atoms with E-state index < -0.39 is 11.7 Å². The highest BCUT2D eigenvalue weighted by Crippen LogP contribution is 2.44. The van der Waals surface area contributed by atoms with E-state index >= 15 is 0 Å². The van der Waals surface area contributed by atoms with Gasteiger partial charge in [0.15, 0.2) is 5.58 Å². The number of anilines is 3. The first kappa shape index (κ1) is 30.9. The molecule has 7 rings (SSSR count). The molecule has 7 aromatic rings. The lowest BCUT2D eigenvalue weighted by molar-refractivity contribution is 0.0523. The Kier molecular flexibility index (Phi) is 8.06. The van der Waals surface area contributed by atoms with Crippen LogP contribution in [-0.2, 0) is 11.3 Å². The van der Waals surface area contributed by atoms with Crippen molar-refractivity contribution in [2.75, 3.05) is 10.0 Å². The lowest BCUT2D eigenvalue weighted by Gasteiger charge is -2.36. The van der Waals surface area contributed by atoms with Crippen molar-refractivity contribution in [3.05, 3.63) is 131 Å². The lowest BCUT2D eigenvalue weighted by atomic mass is 10.1. The van der Waals surface area contributed by atoms with Crippen LogP contribution in [0.2, 0.25) is 0 Å². The van der Waals surface area contributed by atoms with Gasteiger partial charge in [0.05, 0.1) is 17.4 Å². The molecule has 48 heavy (non-hydrogen) atoms. The Balaban J connectivity index is 1.38. The second-order valence-corrected chi connectivity index (χ2v) is 13.0. The molecule has 0 aliphatic carbocycles. The molecule has 0 spiro atoms. The lowest BCUT2D eigenvalue weighted by Crippen LogP contribution is -2.46. The van der Waals surface area contributed by atoms with Crippen molar-refractivity contribution < 1.29 is 18.7 Å². The second kappa shape index (κ2) is 12.5. The minimum absolute atomic E-state index is 0.240. The normalized spacial score (nSPS) is 11.6. The molecule has 0 fully saturated rings. The number of aromatic nitrogens is 3. The number of rotatable bonds is 7. The van der Waals surface area contributed by atoms with Gasteiger partial charge in [0.25, 0.3) is 11.9 Å². The highest BCUT2D eigenvalue weighted by molar-refractivity contribution is 9.10. The zero-order valence-electron chi connectivity index (χ0n) is 26.4. The third-order valence-corrected chi connectivity index (χ3v) is 8.24. The van der Waals surface area contributed by atoms with Crippen molar-refractivity contribution in [3.63, 3.8) is 0 Å². The number of hydrazine groups is 1. The van der Waals surface area contributed by atoms with E-state index in [9.17, 15) is 9.59 Å². The summed E-state index contributed by atoms with van der Waals surface area (Å²) in [6.07, 6.45) is 2.86. The van der Waals surface area contributed by atoms with Crippen molar-refractivity contribution in [2.24, 2.45) is 0 Å². The smallest absolute Gasteiger partial charge is 0.407 e. The van der Waals surface area contributed by atoms with Crippen LogP contribution in [0.1, 0.15) is 36.7 Å². The number of halogens is 1. The van der Waals surface area contributed by atoms with Crippen LogP contribution in [0.15, 0.2) is 124 Å². The van der Waals surface area contributed by atoms with Gasteiger partial charge in [0.2, 0.25) is 0 Å². The third-order valence-electron chi connectivity index (χ3n) is 7.60. The fourth-order valence-corrected chi connectivity index (χ4v) is 5.97. The van der Waals surface area contributed by atoms with Crippen LogP contribution in [0.5, 0.6) is 0 Å². The van der Waals surface area contributed by atoms with Crippen molar-refractivity contribution in [1.29, 1.82) is 0 Å². The minimum Gasteiger partial charge on any atom is -0.454 e. The molecule has 10 nitrogen and oxygen atoms in total. The zero-order valence-corrected chi connectivity index (χ0v) is 28.0. The van der Waals surface area contributed by atoms with E-state index in [1.54, 1.807) is 51.2 Å². The Labute approximate surface area is 284 Å². The zero-order chi connectivity index (χ0) is 33.4. The van der Waals surface area contributed by atoms with Crippen molar-refractivity contribution >= 4 is 72.7 Å². The topological polar surface area (TPSA) is 105 Å². The fourth-order valence-electron chi connectivity index (χ4n) is 5.49. The number of hydrogen-bond acceptors (Lipinski definition) is 7. The molecule has 1 N–H and O–H groups in total. The summed E-state index contributed by atoms with van der Waals surface area (Å²) >= 11 is 3.79. The molecule has 3 heterocycles. The van der Waals surface area contributed by atoms with Gasteiger partial charge in [-0.2, -0.15) is 9.61 Å². The summed E-state index contributed by atoms with van der Waals surface area (Å²) in [6.45, 7) is 5.67. The van der Waals surface area contributed by atoms with E-state index in [1.807, 2.05) is 99.6 Å². The summed E-state index contributed by atoms with van der Waals surface area (Å²) in [7, 11) is 0. The predicted octanol–water partition coefficient (Wildman–Crippen LogP) is 8.82. The Hall–Kier alpha value is -5.68. The van der Waals surface area contributed by atoms with Gasteiger partial charge >= 0.3 is 6.09 Å². The first-order valence-corrected chi connectivity index (χ1v) is 16.1. The molecule has 4 aromatic carbocycles. The van der Waals surface area contributed by atoms with Crippen LogP contribution in [0.25, 0.3) is 27.5 Å². The first-order chi connectivity index (χ1) is 23.2. The minimum atomic E-state index is -0.607. The number of amides is 2. The molecular weight excluding hydrogens is 672 g/mol. The summed E-state index contributed by atoms with van der Waals surface area (Å²) in [6, 6.07) is 31.9. The third kappa shape index (κ3) is 5.95. The standard InChI is InChI=1S/C37H31BrN6O4/c1-37(2,3)48-36(46)40-23-24-13-15-25(16-14-24)34(45)43(27-9-5-4-6-10-27)44(35-39-21-19-26-20-22-41-42(26)35)32-30(38)18-17-29-28-11-7-8-12-31(28)47-33(29)32/h4-22H,23H2,1-3H3,(H,40,46). The number of nitrogens with zero attached hydrogens (tertiary/aromatic N) is 5. The molecule has 0 saturated heterocycles. The Morgan fingerprint density at radius 2 is 1.60 bits per heavy atom. The molecule has 0 aliphatic rings. The van der Waals surface area contributed by atoms with Gasteiger partial charge in [0.1, 0.15) is 16.9 Å². The number of ether oxygens (including phenoxy) is 1. The number of carbonyl (C=O) groups is 2. The Morgan fingerprint density at radius 3 is 2.38 bits per heavy atom. The molecule has 3 aromatic heterocycles. The van der Waals surface area contributed by atoms with E-state index in [0.29, 0.717) is 38.5 Å². The molecule has 0 aliphatic heterocycles. The van der Waals surface area contributed by atoms with Gasteiger partial charge in [-0.1, -0.05) is 48.5 Å². The largest absolute Gasteiger partial charge is 0.454 e. The summed E-state index contributed by atoms with van der Waals surface area (Å²) in [4.78, 5) is 31.9. The summed E-state index contributed by atoms with van der Waals surface area (Å²) in [5.41, 5.74) is 3.83. The highest BCUT2D eigenvalue weighted by Gasteiger charge is 2.33. The van der Waals surface area contributed by atoms with Gasteiger partial charge in [-0.15, -0.1) is 0 Å². The van der Waals surface area contributed by atoms with Crippen LogP contribution in [0.3, 0.4) is 0 Å². The molecule has 0 bridgehead atoms. The number of nitrogens with one attached hydrogen (secondary N) is 1. The number of alkyl carbamates (subject to hydrolysis) is 1. The molecular formula is C37H31BrN6O4. The Morgan fingerprint density at radius 1 is 0.875 bits per heavy atom. The average Bonchev–Trinajstić information content (AvgIpc) is 3.71. The molecule has 0 radical (unpaired) electrons. The Bertz CT molecular complexity index is 2280. The molecule has 0 saturated carbocycles. The molecule has 11 heteroatoms. The second-order valence-electron chi connectivity index (χ2n) is 12.1. The van der Waals surface area contributed by atoms with E-state index in [1.165, 1.54) is 0 Å². The van der Waals surface area contributed by atoms with E-state index in [2.05, 4.69) is 26.3 Å². The van der Waals surface area contributed by atoms with Gasteiger partial charge < -0.3 is 14.5 Å². The SMILES string of the molecule is CC(C)(C)OC(=O)NCc1ccc(C(=O)N(c2ccccc2)N(c2c(Br)ccc3c2oc2ccccc23)c2nccc3ccnn23)cc1. The van der Waals surface area contributed by atoms with Gasteiger partial charge in [-0.05, 0) is 96.9 Å². The van der Waals surface area contributed by atoms with E-state index in [-0.39, 0.29) is 12.5 Å². The maximum Gasteiger partial charge on any atom is 0.407 e. The van der Waals surface area contributed by atoms with E-state index in [4.69, 9.17) is 14.1 Å². The fraction of sp³-hybridized carbons (Fsp3) is 0.135. The predicted molar refractivity (Wildman–Crippen MR) is 189 cm³/mol. The van der Waals surface area contributed by atoms with Crippen LogP contribution in [0.4, 0.5) is 22.1 Å². The quantitative estimate of drug-likeness (QED) is 0.166. The average molecular weight is 704 g/mol. The van der Waals surface area contributed by atoms with Crippen LogP contribution in [0, 0.1) is 0 Å². The maximum absolute atomic E-state index is 14.9. The summed E-state index contributed by atoms with van der Waals surface area (Å²) in [5.74, 6) is 0.0281. The van der Waals surface area contributed by atoms with Crippen LogP contribution < -0.4 is 15.3 Å². The number of carbonyl (C=O) groups excluding carboxylic acids is 2. The maximum atomic E-state index is 14.9. The molecule has 240 valence electrons. The van der Waals surface area contributed by atoms with Crippen LogP contribution >= 0.6 is 15.9 Å². The summed E-state index contributed by atoms with van der Waals surface area (Å²) in [5, 5.41) is 12.5. The van der Waals surface area contributed by atoms with Crippen LogP contribution in [-0.4, -0.2) is 32.2 Å². The van der Waals surface area contributed by atoms with Gasteiger partial charge in [-0.3, -0.25) is 4.79 Å². The molecule has 0 atom stereocenters. The number of para-hydroxylation sites is 2. The number of benzene rings is 4. The monoisotopic (exact) mass is 702 g/mol. The number of furan rings is 1. The molecule has 2 amide bonds. The number of hydrogen-bond donors (Lipinski definition) is 1. The first-order valence-electron chi connectivity index (χ1n) is 15.3. The van der Waals surface area contributed by atoms with Gasteiger partial charge in [-0.25, -0.2) is 19.8 Å². The van der Waals surface area contributed by atoms with Crippen molar-refractivity contribution in [1.82, 2.24) is 19.9 Å². The van der Waals surface area contributed by atoms with Gasteiger partial charge in [0, 0.05) is 33.6 Å². The molecule has 0 unspecified atom stereocenters.